The Morgan fingerprint density at radius 2 is 1.94 bits per heavy atom. The van der Waals surface area contributed by atoms with Crippen LogP contribution in [0.4, 0.5) is 0 Å². The van der Waals surface area contributed by atoms with E-state index < -0.39 is 0 Å². The Kier molecular flexibility index (Phi) is 2.86. The third-order valence-corrected chi connectivity index (χ3v) is 3.99. The van der Waals surface area contributed by atoms with Crippen LogP contribution < -0.4 is 0 Å². The molecule has 0 fully saturated rings. The molecule has 0 atom stereocenters. The highest BCUT2D eigenvalue weighted by Crippen LogP contribution is 2.25. The van der Waals surface area contributed by atoms with Crippen molar-refractivity contribution in [3.63, 3.8) is 0 Å². The van der Waals surface area contributed by atoms with Crippen LogP contribution in [0.2, 0.25) is 5.02 Å². The van der Waals surface area contributed by atoms with Gasteiger partial charge < -0.3 is 0 Å². The zero-order chi connectivity index (χ0) is 12.5. The van der Waals surface area contributed by atoms with Crippen LogP contribution in [0.3, 0.4) is 0 Å². The van der Waals surface area contributed by atoms with Gasteiger partial charge in [0, 0.05) is 5.39 Å². The number of nitrogens with zero attached hydrogens (tertiary/aromatic N) is 1. The third kappa shape index (κ3) is 1.92. The highest BCUT2D eigenvalue weighted by molar-refractivity contribution is 7.13. The molecular weight excluding hydrogens is 266 g/mol. The smallest absolute Gasteiger partial charge is 0.222 e. The lowest BCUT2D eigenvalue weighted by Crippen LogP contribution is -2.02. The number of aromatic nitrogens is 1. The molecule has 0 N–H and O–H groups in total. The van der Waals surface area contributed by atoms with Crippen molar-refractivity contribution in [1.82, 2.24) is 4.98 Å². The van der Waals surface area contributed by atoms with Gasteiger partial charge in [0.25, 0.3) is 0 Å². The molecule has 2 aromatic heterocycles. The summed E-state index contributed by atoms with van der Waals surface area (Å²) in [5.41, 5.74) is 1.24. The fourth-order valence-electron chi connectivity index (χ4n) is 1.76. The fourth-order valence-corrected chi connectivity index (χ4v) is 2.85. The van der Waals surface area contributed by atoms with E-state index in [0.29, 0.717) is 15.6 Å². The van der Waals surface area contributed by atoms with E-state index in [0.717, 1.165) is 10.9 Å². The van der Waals surface area contributed by atoms with Gasteiger partial charge in [-0.1, -0.05) is 35.9 Å². The normalized spacial score (nSPS) is 10.7. The molecule has 1 aromatic carbocycles. The molecule has 0 saturated heterocycles. The highest BCUT2D eigenvalue weighted by Gasteiger charge is 2.15. The van der Waals surface area contributed by atoms with Crippen LogP contribution in [0.5, 0.6) is 0 Å². The summed E-state index contributed by atoms with van der Waals surface area (Å²) >= 11 is 7.30. The Hall–Kier alpha value is -1.71. The Morgan fingerprint density at radius 1 is 1.11 bits per heavy atom. The number of thiophene rings is 1. The number of carbonyl (C=O) groups is 1. The van der Waals surface area contributed by atoms with Gasteiger partial charge in [-0.15, -0.1) is 11.3 Å². The van der Waals surface area contributed by atoms with E-state index in [1.807, 2.05) is 30.3 Å². The number of benzene rings is 1. The minimum atomic E-state index is -0.124. The van der Waals surface area contributed by atoms with Crippen molar-refractivity contribution < 1.29 is 4.79 Å². The Bertz CT molecular complexity index is 735. The van der Waals surface area contributed by atoms with Crippen molar-refractivity contribution in [2.75, 3.05) is 0 Å². The highest BCUT2D eigenvalue weighted by atomic mass is 35.5. The van der Waals surface area contributed by atoms with Crippen LogP contribution in [0, 0.1) is 0 Å². The number of pyridine rings is 1. The molecule has 4 heteroatoms. The minimum Gasteiger partial charge on any atom is -0.286 e. The van der Waals surface area contributed by atoms with Crippen LogP contribution in [0.15, 0.2) is 47.8 Å². The summed E-state index contributed by atoms with van der Waals surface area (Å²) in [5, 5.41) is 3.31. The number of hydrogen-bond donors (Lipinski definition) is 0. The number of halogens is 1. The van der Waals surface area contributed by atoms with Gasteiger partial charge in [0.1, 0.15) is 5.69 Å². The first-order valence-electron chi connectivity index (χ1n) is 5.39. The zero-order valence-electron chi connectivity index (χ0n) is 9.26. The molecular formula is C14H8ClNOS. The number of fused-ring (bicyclic) bond motifs is 1. The largest absolute Gasteiger partial charge is 0.286 e. The first-order valence-corrected chi connectivity index (χ1v) is 6.65. The average molecular weight is 274 g/mol. The van der Waals surface area contributed by atoms with Crippen molar-refractivity contribution in [2.24, 2.45) is 0 Å². The van der Waals surface area contributed by atoms with Crippen LogP contribution in [-0.2, 0) is 0 Å². The van der Waals surface area contributed by atoms with Gasteiger partial charge in [0.2, 0.25) is 5.78 Å². The number of hydrogen-bond acceptors (Lipinski definition) is 3. The van der Waals surface area contributed by atoms with Crippen molar-refractivity contribution in [2.45, 2.75) is 0 Å². The topological polar surface area (TPSA) is 30.0 Å². The van der Waals surface area contributed by atoms with E-state index in [9.17, 15) is 4.79 Å². The fraction of sp³-hybridized carbons (Fsp3) is 0. The predicted molar refractivity (Wildman–Crippen MR) is 74.5 cm³/mol. The van der Waals surface area contributed by atoms with Crippen molar-refractivity contribution in [3.8, 4) is 0 Å². The van der Waals surface area contributed by atoms with Crippen molar-refractivity contribution in [3.05, 3.63) is 63.4 Å². The molecule has 0 unspecified atom stereocenters. The molecule has 2 heterocycles. The molecule has 0 spiro atoms. The molecule has 0 aliphatic rings. The molecule has 0 saturated carbocycles. The summed E-state index contributed by atoms with van der Waals surface area (Å²) in [6, 6.07) is 13.1. The molecule has 3 rings (SSSR count). The van der Waals surface area contributed by atoms with Gasteiger partial charge in [0.05, 0.1) is 15.4 Å². The van der Waals surface area contributed by atoms with Gasteiger partial charge in [-0.05, 0) is 23.6 Å². The van der Waals surface area contributed by atoms with Gasteiger partial charge in [-0.3, -0.25) is 4.79 Å². The quantitative estimate of drug-likeness (QED) is 0.656. The second-order valence-corrected chi connectivity index (χ2v) is 5.14. The molecule has 18 heavy (non-hydrogen) atoms. The summed E-state index contributed by atoms with van der Waals surface area (Å²) in [4.78, 5) is 17.1. The summed E-state index contributed by atoms with van der Waals surface area (Å²) in [5.74, 6) is -0.124. The number of para-hydroxylation sites is 1. The van der Waals surface area contributed by atoms with E-state index in [2.05, 4.69) is 4.98 Å². The standard InChI is InChI=1S/C14H8ClNOS/c15-10-7-8-18-14(10)13(17)12-6-5-9-3-1-2-4-11(9)16-12/h1-8H. The van der Waals surface area contributed by atoms with E-state index in [4.69, 9.17) is 11.6 Å². The Balaban J connectivity index is 2.10. The molecule has 2 nitrogen and oxygen atoms in total. The number of carbonyl (C=O) groups excluding carboxylic acids is 1. The average Bonchev–Trinajstić information content (AvgIpc) is 2.83. The molecule has 88 valence electrons. The lowest BCUT2D eigenvalue weighted by Gasteiger charge is -2.01. The second-order valence-electron chi connectivity index (χ2n) is 3.82. The van der Waals surface area contributed by atoms with Gasteiger partial charge in [-0.25, -0.2) is 4.98 Å². The van der Waals surface area contributed by atoms with Crippen LogP contribution in [-0.4, -0.2) is 10.8 Å². The van der Waals surface area contributed by atoms with Crippen LogP contribution in [0.25, 0.3) is 10.9 Å². The van der Waals surface area contributed by atoms with Gasteiger partial charge >= 0.3 is 0 Å². The summed E-state index contributed by atoms with van der Waals surface area (Å²) in [6.07, 6.45) is 0. The van der Waals surface area contributed by atoms with E-state index in [1.54, 1.807) is 17.5 Å². The molecule has 0 amide bonds. The second kappa shape index (κ2) is 4.52. The summed E-state index contributed by atoms with van der Waals surface area (Å²) < 4.78 is 0. The lowest BCUT2D eigenvalue weighted by molar-refractivity contribution is 0.103. The first-order chi connectivity index (χ1) is 8.75. The third-order valence-electron chi connectivity index (χ3n) is 2.65. The zero-order valence-corrected chi connectivity index (χ0v) is 10.8. The SMILES string of the molecule is O=C(c1ccc2ccccc2n1)c1sccc1Cl. The van der Waals surface area contributed by atoms with Crippen molar-refractivity contribution >= 4 is 39.6 Å². The maximum Gasteiger partial charge on any atom is 0.222 e. The molecule has 0 aliphatic heterocycles. The van der Waals surface area contributed by atoms with Gasteiger partial charge in [0.15, 0.2) is 0 Å². The van der Waals surface area contributed by atoms with Crippen LogP contribution >= 0.6 is 22.9 Å². The minimum absolute atomic E-state index is 0.124. The summed E-state index contributed by atoms with van der Waals surface area (Å²) in [6.45, 7) is 0. The maximum atomic E-state index is 12.2. The maximum absolute atomic E-state index is 12.2. The van der Waals surface area contributed by atoms with Crippen LogP contribution in [0.1, 0.15) is 15.4 Å². The van der Waals surface area contributed by atoms with Crippen molar-refractivity contribution in [1.29, 1.82) is 0 Å². The molecule has 0 radical (unpaired) electrons. The van der Waals surface area contributed by atoms with Gasteiger partial charge in [-0.2, -0.15) is 0 Å². The monoisotopic (exact) mass is 273 g/mol. The lowest BCUT2D eigenvalue weighted by atomic mass is 10.1. The molecule has 0 bridgehead atoms. The molecule has 3 aromatic rings. The number of rotatable bonds is 2. The van der Waals surface area contributed by atoms with E-state index >= 15 is 0 Å². The molecule has 0 aliphatic carbocycles. The first kappa shape index (κ1) is 11.4. The van der Waals surface area contributed by atoms with E-state index in [1.165, 1.54) is 11.3 Å². The summed E-state index contributed by atoms with van der Waals surface area (Å²) in [7, 11) is 0. The number of ketones is 1. The van der Waals surface area contributed by atoms with E-state index in [-0.39, 0.29) is 5.78 Å². The predicted octanol–water partition coefficient (Wildman–Crippen LogP) is 4.18. The Labute approximate surface area is 113 Å². The Morgan fingerprint density at radius 3 is 2.72 bits per heavy atom.